The van der Waals surface area contributed by atoms with Gasteiger partial charge in [-0.1, -0.05) is 11.6 Å². The van der Waals surface area contributed by atoms with E-state index in [1.807, 2.05) is 0 Å². The molecule has 5 nitrogen and oxygen atoms in total. The maximum atomic E-state index is 10.3. The molecule has 1 aromatic carbocycles. The van der Waals surface area contributed by atoms with Gasteiger partial charge in [-0.05, 0) is 24.3 Å². The van der Waals surface area contributed by atoms with Gasteiger partial charge in [0.05, 0.1) is 12.8 Å². The number of carbonyl (C=O) groups is 1. The smallest absolute Gasteiger partial charge is 0.368 e. The third-order valence-electron chi connectivity index (χ3n) is 1.55. The van der Waals surface area contributed by atoms with E-state index in [2.05, 4.69) is 10.5 Å². The first-order chi connectivity index (χ1) is 7.13. The van der Waals surface area contributed by atoms with Gasteiger partial charge in [-0.3, -0.25) is 5.43 Å². The van der Waals surface area contributed by atoms with Crippen LogP contribution in [0.2, 0.25) is 0 Å². The molecule has 0 aliphatic heterocycles. The van der Waals surface area contributed by atoms with Gasteiger partial charge in [0.1, 0.15) is 5.75 Å². The molecule has 0 atom stereocenters. The highest BCUT2D eigenvalue weighted by Gasteiger charge is 2.03. The zero-order valence-electron chi connectivity index (χ0n) is 7.90. The fourth-order valence-corrected chi connectivity index (χ4v) is 0.869. The Balaban J connectivity index is 2.66. The fraction of sp³-hybridized carbons (Fsp3) is 0.111. The van der Waals surface area contributed by atoms with Crippen molar-refractivity contribution in [2.45, 2.75) is 0 Å². The van der Waals surface area contributed by atoms with Crippen molar-refractivity contribution in [1.82, 2.24) is 0 Å². The predicted molar refractivity (Wildman–Crippen MR) is 57.5 cm³/mol. The van der Waals surface area contributed by atoms with Gasteiger partial charge < -0.3 is 9.84 Å². The lowest BCUT2D eigenvalue weighted by atomic mass is 10.3. The molecule has 0 saturated heterocycles. The summed E-state index contributed by atoms with van der Waals surface area (Å²) in [5, 5.41) is 11.3. The number of hydrogen-bond donors (Lipinski definition) is 2. The highest BCUT2D eigenvalue weighted by atomic mass is 35.5. The number of hydrogen-bond acceptors (Lipinski definition) is 4. The first-order valence-corrected chi connectivity index (χ1v) is 4.38. The van der Waals surface area contributed by atoms with Crippen LogP contribution in [0.3, 0.4) is 0 Å². The monoisotopic (exact) mass is 228 g/mol. The SMILES string of the molecule is COc1ccc(N/N=C(\Cl)C(=O)O)cc1. The van der Waals surface area contributed by atoms with Crippen molar-refractivity contribution in [1.29, 1.82) is 0 Å². The topological polar surface area (TPSA) is 70.9 Å². The van der Waals surface area contributed by atoms with Crippen molar-refractivity contribution in [3.05, 3.63) is 24.3 Å². The van der Waals surface area contributed by atoms with E-state index in [9.17, 15) is 4.79 Å². The second kappa shape index (κ2) is 5.21. The van der Waals surface area contributed by atoms with Crippen LogP contribution in [0, 0.1) is 0 Å². The van der Waals surface area contributed by atoms with Crippen molar-refractivity contribution in [3.8, 4) is 5.75 Å². The largest absolute Gasteiger partial charge is 0.497 e. The van der Waals surface area contributed by atoms with Crippen LogP contribution in [0.25, 0.3) is 0 Å². The summed E-state index contributed by atoms with van der Waals surface area (Å²) >= 11 is 5.29. The first-order valence-electron chi connectivity index (χ1n) is 4.00. The Hall–Kier alpha value is -1.75. The summed E-state index contributed by atoms with van der Waals surface area (Å²) in [6, 6.07) is 6.81. The Morgan fingerprint density at radius 3 is 2.53 bits per heavy atom. The lowest BCUT2D eigenvalue weighted by Crippen LogP contribution is -2.07. The average molecular weight is 229 g/mol. The first kappa shape index (κ1) is 11.3. The minimum atomic E-state index is -1.28. The van der Waals surface area contributed by atoms with Crippen molar-refractivity contribution >= 4 is 28.4 Å². The van der Waals surface area contributed by atoms with Crippen LogP contribution in [-0.4, -0.2) is 23.4 Å². The molecule has 6 heteroatoms. The second-order valence-corrected chi connectivity index (χ2v) is 2.91. The Kier molecular flexibility index (Phi) is 3.93. The Morgan fingerprint density at radius 2 is 2.07 bits per heavy atom. The summed E-state index contributed by atoms with van der Waals surface area (Å²) in [7, 11) is 1.56. The second-order valence-electron chi connectivity index (χ2n) is 2.55. The summed E-state index contributed by atoms with van der Waals surface area (Å²) in [4.78, 5) is 10.3. The number of methoxy groups -OCH3 is 1. The van der Waals surface area contributed by atoms with Crippen LogP contribution in [0.1, 0.15) is 0 Å². The fourth-order valence-electron chi connectivity index (χ4n) is 0.827. The van der Waals surface area contributed by atoms with Crippen molar-refractivity contribution in [2.24, 2.45) is 5.10 Å². The van der Waals surface area contributed by atoms with Crippen molar-refractivity contribution in [2.75, 3.05) is 12.5 Å². The van der Waals surface area contributed by atoms with E-state index in [1.54, 1.807) is 31.4 Å². The number of anilines is 1. The summed E-state index contributed by atoms with van der Waals surface area (Å²) in [6.07, 6.45) is 0. The third kappa shape index (κ3) is 3.47. The van der Waals surface area contributed by atoms with Gasteiger partial charge in [-0.15, -0.1) is 0 Å². The van der Waals surface area contributed by atoms with E-state index in [1.165, 1.54) is 0 Å². The van der Waals surface area contributed by atoms with Gasteiger partial charge in [0, 0.05) is 0 Å². The third-order valence-corrected chi connectivity index (χ3v) is 1.80. The van der Waals surface area contributed by atoms with Gasteiger partial charge >= 0.3 is 5.97 Å². The number of benzene rings is 1. The number of halogens is 1. The van der Waals surface area contributed by atoms with Crippen LogP contribution >= 0.6 is 11.6 Å². The summed E-state index contributed by atoms with van der Waals surface area (Å²) in [5.74, 6) is -0.577. The van der Waals surface area contributed by atoms with Crippen LogP contribution < -0.4 is 10.2 Å². The quantitative estimate of drug-likeness (QED) is 0.608. The molecule has 0 aliphatic rings. The van der Waals surface area contributed by atoms with E-state index >= 15 is 0 Å². The molecular formula is C9H9ClN2O3. The van der Waals surface area contributed by atoms with E-state index in [0.29, 0.717) is 11.4 Å². The standard InChI is InChI=1S/C9H9ClN2O3/c1-15-7-4-2-6(3-5-7)11-12-8(10)9(13)14/h2-5,11H,1H3,(H,13,14)/b12-8-. The number of ether oxygens (including phenoxy) is 1. The van der Waals surface area contributed by atoms with Crippen molar-refractivity contribution < 1.29 is 14.6 Å². The molecule has 0 heterocycles. The molecule has 0 aliphatic carbocycles. The molecule has 0 amide bonds. The highest BCUT2D eigenvalue weighted by Crippen LogP contribution is 2.14. The molecule has 2 N–H and O–H groups in total. The predicted octanol–water partition coefficient (Wildman–Crippen LogP) is 1.74. The number of rotatable bonds is 4. The molecule has 1 rings (SSSR count). The normalized spacial score (nSPS) is 10.9. The summed E-state index contributed by atoms with van der Waals surface area (Å²) in [6.45, 7) is 0. The molecule has 0 saturated carbocycles. The molecule has 80 valence electrons. The van der Waals surface area contributed by atoms with E-state index < -0.39 is 11.1 Å². The number of nitrogens with one attached hydrogen (secondary N) is 1. The van der Waals surface area contributed by atoms with Gasteiger partial charge in [-0.25, -0.2) is 4.79 Å². The lowest BCUT2D eigenvalue weighted by Gasteiger charge is -2.02. The maximum Gasteiger partial charge on any atom is 0.368 e. The van der Waals surface area contributed by atoms with E-state index in [0.717, 1.165) is 0 Å². The zero-order valence-corrected chi connectivity index (χ0v) is 8.65. The summed E-state index contributed by atoms with van der Waals surface area (Å²) < 4.78 is 4.95. The average Bonchev–Trinajstić information content (AvgIpc) is 2.26. The minimum Gasteiger partial charge on any atom is -0.497 e. The molecule has 0 spiro atoms. The van der Waals surface area contributed by atoms with Crippen LogP contribution in [-0.2, 0) is 4.79 Å². The van der Waals surface area contributed by atoms with Gasteiger partial charge in [0.25, 0.3) is 0 Å². The molecule has 0 radical (unpaired) electrons. The van der Waals surface area contributed by atoms with Gasteiger partial charge in [0.2, 0.25) is 5.17 Å². The number of carboxylic acids is 1. The van der Waals surface area contributed by atoms with Crippen molar-refractivity contribution in [3.63, 3.8) is 0 Å². The molecule has 15 heavy (non-hydrogen) atoms. The maximum absolute atomic E-state index is 10.3. The number of hydrazone groups is 1. The van der Waals surface area contributed by atoms with Crippen LogP contribution in [0.5, 0.6) is 5.75 Å². The van der Waals surface area contributed by atoms with Crippen LogP contribution in [0.15, 0.2) is 29.4 Å². The number of carboxylic acid groups (broad SMARTS) is 1. The van der Waals surface area contributed by atoms with E-state index in [4.69, 9.17) is 21.4 Å². The molecule has 1 aromatic rings. The lowest BCUT2D eigenvalue weighted by molar-refractivity contribution is -0.129. The van der Waals surface area contributed by atoms with E-state index in [-0.39, 0.29) is 0 Å². The summed E-state index contributed by atoms with van der Waals surface area (Å²) in [5.41, 5.74) is 3.12. The Labute approximate surface area is 91.3 Å². The Morgan fingerprint density at radius 1 is 1.47 bits per heavy atom. The highest BCUT2D eigenvalue weighted by molar-refractivity contribution is 6.81. The van der Waals surface area contributed by atoms with Gasteiger partial charge in [-0.2, -0.15) is 5.10 Å². The molecule has 0 aromatic heterocycles. The van der Waals surface area contributed by atoms with Crippen LogP contribution in [0.4, 0.5) is 5.69 Å². The molecule has 0 unspecified atom stereocenters. The minimum absolute atomic E-state index is 0.522. The molecule has 0 bridgehead atoms. The van der Waals surface area contributed by atoms with Gasteiger partial charge in [0.15, 0.2) is 0 Å². The Bertz CT molecular complexity index is 375. The molecular weight excluding hydrogens is 220 g/mol. The zero-order chi connectivity index (χ0) is 11.3. The number of aliphatic carboxylic acids is 1. The number of nitrogens with zero attached hydrogens (tertiary/aromatic N) is 1. The molecule has 0 fully saturated rings.